The van der Waals surface area contributed by atoms with Crippen molar-refractivity contribution in [3.63, 3.8) is 0 Å². The summed E-state index contributed by atoms with van der Waals surface area (Å²) in [6, 6.07) is 14.4. The Hall–Kier alpha value is -4.46. The van der Waals surface area contributed by atoms with Crippen molar-refractivity contribution in [2.45, 2.75) is 19.9 Å². The zero-order chi connectivity index (χ0) is 24.1. The highest BCUT2D eigenvalue weighted by Crippen LogP contribution is 2.31. The first-order valence-corrected chi connectivity index (χ1v) is 10.7. The Morgan fingerprint density at radius 1 is 1.03 bits per heavy atom. The number of carbonyl (C=O) groups excluding carboxylic acids is 1. The van der Waals surface area contributed by atoms with Gasteiger partial charge in [0.2, 0.25) is 0 Å². The second-order valence-electron chi connectivity index (χ2n) is 7.87. The largest absolute Gasteiger partial charge is 0.504 e. The van der Waals surface area contributed by atoms with Gasteiger partial charge in [-0.1, -0.05) is 12.1 Å². The summed E-state index contributed by atoms with van der Waals surface area (Å²) in [6.45, 7) is 3.90. The molecule has 2 aromatic carbocycles. The molecule has 2 aromatic heterocycles. The lowest BCUT2D eigenvalue weighted by molar-refractivity contribution is 0.102. The van der Waals surface area contributed by atoms with Crippen molar-refractivity contribution >= 4 is 17.4 Å². The summed E-state index contributed by atoms with van der Waals surface area (Å²) in [5.41, 5.74) is 4.51. The number of ether oxygens (including phenoxy) is 1. The van der Waals surface area contributed by atoms with Crippen molar-refractivity contribution in [2.75, 3.05) is 17.7 Å². The van der Waals surface area contributed by atoms with Gasteiger partial charge in [-0.25, -0.2) is 4.98 Å². The average Bonchev–Trinajstić information content (AvgIpc) is 2.84. The molecule has 0 fully saturated rings. The molecule has 0 saturated heterocycles. The van der Waals surface area contributed by atoms with Gasteiger partial charge in [0.1, 0.15) is 5.82 Å². The summed E-state index contributed by atoms with van der Waals surface area (Å²) < 4.78 is 5.19. The Kier molecular flexibility index (Phi) is 6.68. The number of carbonyl (C=O) groups is 1. The molecule has 1 amide bonds. The first-order valence-electron chi connectivity index (χ1n) is 10.7. The van der Waals surface area contributed by atoms with Gasteiger partial charge >= 0.3 is 0 Å². The van der Waals surface area contributed by atoms with Crippen molar-refractivity contribution in [3.05, 3.63) is 90.0 Å². The fraction of sp³-hybridized carbons (Fsp3) is 0.154. The second kappa shape index (κ2) is 9.99. The molecule has 2 heterocycles. The van der Waals surface area contributed by atoms with Gasteiger partial charge in [-0.3, -0.25) is 14.8 Å². The molecule has 0 aliphatic carbocycles. The van der Waals surface area contributed by atoms with Crippen molar-refractivity contribution in [3.8, 4) is 22.8 Å². The van der Waals surface area contributed by atoms with Crippen molar-refractivity contribution in [1.82, 2.24) is 15.0 Å². The number of aryl methyl sites for hydroxylation is 1. The van der Waals surface area contributed by atoms with Gasteiger partial charge in [-0.05, 0) is 61.4 Å². The van der Waals surface area contributed by atoms with Crippen LogP contribution in [-0.2, 0) is 0 Å². The van der Waals surface area contributed by atoms with Crippen LogP contribution in [0.15, 0.2) is 73.3 Å². The van der Waals surface area contributed by atoms with Gasteiger partial charge in [-0.2, -0.15) is 0 Å². The summed E-state index contributed by atoms with van der Waals surface area (Å²) in [7, 11) is 1.50. The Bertz CT molecular complexity index is 1330. The molecule has 3 N–H and O–H groups in total. The molecule has 0 saturated carbocycles. The number of aromatic nitrogens is 3. The molecule has 0 aliphatic rings. The highest BCUT2D eigenvalue weighted by Gasteiger charge is 2.12. The summed E-state index contributed by atoms with van der Waals surface area (Å²) in [4.78, 5) is 25.6. The number of pyridine rings is 1. The van der Waals surface area contributed by atoms with Crippen LogP contribution >= 0.6 is 0 Å². The lowest BCUT2D eigenvalue weighted by Gasteiger charge is -2.17. The van der Waals surface area contributed by atoms with Crippen LogP contribution in [0.1, 0.15) is 34.5 Å². The van der Waals surface area contributed by atoms with Crippen LogP contribution in [0.4, 0.5) is 11.5 Å². The van der Waals surface area contributed by atoms with E-state index in [-0.39, 0.29) is 17.7 Å². The van der Waals surface area contributed by atoms with E-state index in [9.17, 15) is 9.90 Å². The predicted molar refractivity (Wildman–Crippen MR) is 131 cm³/mol. The van der Waals surface area contributed by atoms with E-state index < -0.39 is 0 Å². The number of anilines is 2. The molecule has 8 nitrogen and oxygen atoms in total. The minimum Gasteiger partial charge on any atom is -0.504 e. The SMILES string of the molecule is COc1cc(-c2cncc(N[C@@H](C)c3cccc(NC(=O)c4cncc(C)c4)c3)n2)ccc1O. The third kappa shape index (κ3) is 5.29. The van der Waals surface area contributed by atoms with E-state index in [0.29, 0.717) is 28.5 Å². The molecule has 172 valence electrons. The first kappa shape index (κ1) is 22.7. The summed E-state index contributed by atoms with van der Waals surface area (Å²) in [5.74, 6) is 0.813. The van der Waals surface area contributed by atoms with Crippen LogP contribution in [0.3, 0.4) is 0 Å². The highest BCUT2D eigenvalue weighted by molar-refractivity contribution is 6.04. The number of amides is 1. The smallest absolute Gasteiger partial charge is 0.257 e. The molecule has 1 atom stereocenters. The van der Waals surface area contributed by atoms with Gasteiger partial charge in [0.05, 0.1) is 36.8 Å². The highest BCUT2D eigenvalue weighted by atomic mass is 16.5. The standard InChI is InChI=1S/C26H25N5O3/c1-16-9-20(13-27-12-16)26(33)30-21-6-4-5-18(10-21)17(2)29-25-15-28-14-22(31-25)19-7-8-23(32)24(11-19)34-3/h4-15,17,32H,1-3H3,(H,29,31)(H,30,33)/t17-/m0/s1. The number of nitrogens with zero attached hydrogens (tertiary/aromatic N) is 3. The van der Waals surface area contributed by atoms with E-state index in [1.54, 1.807) is 49.1 Å². The zero-order valence-corrected chi connectivity index (χ0v) is 19.1. The summed E-state index contributed by atoms with van der Waals surface area (Å²) in [5, 5.41) is 16.1. The van der Waals surface area contributed by atoms with E-state index in [0.717, 1.165) is 16.7 Å². The van der Waals surface area contributed by atoms with Gasteiger partial charge in [-0.15, -0.1) is 0 Å². The Morgan fingerprint density at radius 2 is 1.85 bits per heavy atom. The van der Waals surface area contributed by atoms with E-state index in [1.807, 2.05) is 38.1 Å². The van der Waals surface area contributed by atoms with E-state index in [4.69, 9.17) is 4.74 Å². The number of aromatic hydroxyl groups is 1. The minimum atomic E-state index is -0.211. The van der Waals surface area contributed by atoms with Crippen LogP contribution in [0, 0.1) is 6.92 Å². The maximum Gasteiger partial charge on any atom is 0.257 e. The maximum atomic E-state index is 12.6. The fourth-order valence-corrected chi connectivity index (χ4v) is 3.48. The molecule has 0 bridgehead atoms. The maximum absolute atomic E-state index is 12.6. The third-order valence-electron chi connectivity index (χ3n) is 5.26. The Morgan fingerprint density at radius 3 is 2.65 bits per heavy atom. The lowest BCUT2D eigenvalue weighted by Crippen LogP contribution is -2.13. The van der Waals surface area contributed by atoms with Crippen molar-refractivity contribution < 1.29 is 14.6 Å². The molecular formula is C26H25N5O3. The molecule has 4 aromatic rings. The van der Waals surface area contributed by atoms with Crippen LogP contribution in [-0.4, -0.2) is 33.1 Å². The minimum absolute atomic E-state index is 0.0627. The van der Waals surface area contributed by atoms with Crippen molar-refractivity contribution in [2.24, 2.45) is 0 Å². The summed E-state index contributed by atoms with van der Waals surface area (Å²) in [6.07, 6.45) is 6.55. The number of hydrogen-bond acceptors (Lipinski definition) is 7. The van der Waals surface area contributed by atoms with E-state index >= 15 is 0 Å². The number of rotatable bonds is 7. The quantitative estimate of drug-likeness (QED) is 0.360. The number of nitrogens with one attached hydrogen (secondary N) is 2. The van der Waals surface area contributed by atoms with Crippen LogP contribution < -0.4 is 15.4 Å². The molecule has 0 aliphatic heterocycles. The summed E-state index contributed by atoms with van der Waals surface area (Å²) >= 11 is 0. The predicted octanol–water partition coefficient (Wildman–Crippen LogP) is 4.99. The molecule has 0 unspecified atom stereocenters. The molecule has 8 heteroatoms. The van der Waals surface area contributed by atoms with E-state index in [1.165, 1.54) is 7.11 Å². The van der Waals surface area contributed by atoms with Crippen LogP contribution in [0.25, 0.3) is 11.3 Å². The van der Waals surface area contributed by atoms with Gasteiger partial charge in [0, 0.05) is 23.6 Å². The third-order valence-corrected chi connectivity index (χ3v) is 5.26. The monoisotopic (exact) mass is 455 g/mol. The van der Waals surface area contributed by atoms with Gasteiger partial charge < -0.3 is 20.5 Å². The number of methoxy groups -OCH3 is 1. The van der Waals surface area contributed by atoms with Crippen LogP contribution in [0.2, 0.25) is 0 Å². The Labute approximate surface area is 197 Å². The number of phenols is 1. The number of hydrogen-bond donors (Lipinski definition) is 3. The van der Waals surface area contributed by atoms with Crippen molar-refractivity contribution in [1.29, 1.82) is 0 Å². The van der Waals surface area contributed by atoms with Gasteiger partial charge in [0.25, 0.3) is 5.91 Å². The zero-order valence-electron chi connectivity index (χ0n) is 19.1. The molecule has 0 spiro atoms. The van der Waals surface area contributed by atoms with Gasteiger partial charge in [0.15, 0.2) is 11.5 Å². The lowest BCUT2D eigenvalue weighted by atomic mass is 10.1. The molecular weight excluding hydrogens is 430 g/mol. The number of benzene rings is 2. The molecule has 0 radical (unpaired) electrons. The normalized spacial score (nSPS) is 11.5. The number of phenolic OH excluding ortho intramolecular Hbond substituents is 1. The Balaban J connectivity index is 1.48. The molecule has 34 heavy (non-hydrogen) atoms. The first-order chi connectivity index (χ1) is 16.4. The van der Waals surface area contributed by atoms with E-state index in [2.05, 4.69) is 25.6 Å². The molecule has 4 rings (SSSR count). The average molecular weight is 456 g/mol. The van der Waals surface area contributed by atoms with Crippen LogP contribution in [0.5, 0.6) is 11.5 Å². The fourth-order valence-electron chi connectivity index (χ4n) is 3.48. The topological polar surface area (TPSA) is 109 Å². The second-order valence-corrected chi connectivity index (χ2v) is 7.87.